The van der Waals surface area contributed by atoms with Crippen LogP contribution in [-0.4, -0.2) is 17.6 Å². The molecule has 0 saturated heterocycles. The zero-order valence-corrected chi connectivity index (χ0v) is 13.7. The number of aliphatic imine (C=N–C) groups is 1. The SMILES string of the molecule is CCN=C1Nc2ccc(Cl)nc2C(C)(c2ccccc2Cl)O1. The standard InChI is InChI=1S/C16H15Cl2N3O/c1-3-19-15-20-12-8-9-13(18)21-14(12)16(2,22-15)10-6-4-5-7-11(10)17/h4-9H,3H2,1-2H3,(H,19,20). The second kappa shape index (κ2) is 5.78. The number of hydrogen-bond acceptors (Lipinski definition) is 3. The van der Waals surface area contributed by atoms with Crippen molar-refractivity contribution in [3.63, 3.8) is 0 Å². The Morgan fingerprint density at radius 1 is 1.23 bits per heavy atom. The minimum absolute atomic E-state index is 0.401. The Morgan fingerprint density at radius 3 is 2.73 bits per heavy atom. The summed E-state index contributed by atoms with van der Waals surface area (Å²) in [5.74, 6) is 0. The Morgan fingerprint density at radius 2 is 2.00 bits per heavy atom. The Labute approximate surface area is 139 Å². The van der Waals surface area contributed by atoms with Crippen molar-refractivity contribution in [1.82, 2.24) is 4.98 Å². The van der Waals surface area contributed by atoms with Crippen LogP contribution >= 0.6 is 23.2 Å². The molecule has 0 aliphatic carbocycles. The normalized spacial score (nSPS) is 21.9. The lowest BCUT2D eigenvalue weighted by Gasteiger charge is -2.37. The largest absolute Gasteiger partial charge is 0.447 e. The molecule has 2 aromatic rings. The Kier molecular flexibility index (Phi) is 3.98. The predicted molar refractivity (Wildman–Crippen MR) is 89.8 cm³/mol. The second-order valence-corrected chi connectivity index (χ2v) is 5.84. The molecule has 22 heavy (non-hydrogen) atoms. The Bertz CT molecular complexity index is 748. The smallest absolute Gasteiger partial charge is 0.290 e. The number of nitrogens with zero attached hydrogens (tertiary/aromatic N) is 2. The minimum atomic E-state index is -0.863. The van der Waals surface area contributed by atoms with Gasteiger partial charge < -0.3 is 10.1 Å². The van der Waals surface area contributed by atoms with Gasteiger partial charge in [-0.15, -0.1) is 0 Å². The van der Waals surface area contributed by atoms with E-state index in [4.69, 9.17) is 27.9 Å². The van der Waals surface area contributed by atoms with Gasteiger partial charge in [0.15, 0.2) is 5.60 Å². The fraction of sp³-hybridized carbons (Fsp3) is 0.250. The van der Waals surface area contributed by atoms with E-state index < -0.39 is 5.60 Å². The molecule has 0 radical (unpaired) electrons. The Hall–Kier alpha value is -1.78. The number of ether oxygens (including phenoxy) is 1. The number of anilines is 1. The van der Waals surface area contributed by atoms with Crippen LogP contribution in [0.5, 0.6) is 0 Å². The van der Waals surface area contributed by atoms with Gasteiger partial charge in [0.2, 0.25) is 0 Å². The van der Waals surface area contributed by atoms with Crippen molar-refractivity contribution >= 4 is 34.9 Å². The molecule has 1 aliphatic heterocycles. The highest BCUT2D eigenvalue weighted by atomic mass is 35.5. The molecule has 4 nitrogen and oxygen atoms in total. The Balaban J connectivity index is 2.23. The third-order valence-electron chi connectivity index (χ3n) is 3.55. The van der Waals surface area contributed by atoms with Crippen LogP contribution in [0.15, 0.2) is 41.4 Å². The van der Waals surface area contributed by atoms with Gasteiger partial charge in [-0.3, -0.25) is 0 Å². The summed E-state index contributed by atoms with van der Waals surface area (Å²) in [6.45, 7) is 4.47. The van der Waals surface area contributed by atoms with Crippen molar-refractivity contribution in [2.75, 3.05) is 11.9 Å². The van der Waals surface area contributed by atoms with E-state index in [2.05, 4.69) is 15.3 Å². The molecule has 114 valence electrons. The molecule has 1 atom stereocenters. The summed E-state index contributed by atoms with van der Waals surface area (Å²) < 4.78 is 6.10. The molecule has 6 heteroatoms. The number of nitrogens with one attached hydrogen (secondary N) is 1. The summed E-state index contributed by atoms with van der Waals surface area (Å²) in [7, 11) is 0. The molecule has 1 N–H and O–H groups in total. The van der Waals surface area contributed by atoms with Gasteiger partial charge >= 0.3 is 0 Å². The van der Waals surface area contributed by atoms with E-state index in [0.717, 1.165) is 11.3 Å². The van der Waals surface area contributed by atoms with Crippen LogP contribution in [0.1, 0.15) is 25.1 Å². The average molecular weight is 336 g/mol. The van der Waals surface area contributed by atoms with E-state index >= 15 is 0 Å². The maximum absolute atomic E-state index is 6.38. The number of hydrogen-bond donors (Lipinski definition) is 1. The molecule has 2 heterocycles. The van der Waals surface area contributed by atoms with E-state index in [1.165, 1.54) is 0 Å². The van der Waals surface area contributed by atoms with Gasteiger partial charge in [0.25, 0.3) is 6.02 Å². The minimum Gasteiger partial charge on any atom is -0.447 e. The van der Waals surface area contributed by atoms with Gasteiger partial charge in [0.1, 0.15) is 10.8 Å². The predicted octanol–water partition coefficient (Wildman–Crippen LogP) is 4.47. The van der Waals surface area contributed by atoms with Gasteiger partial charge in [-0.05, 0) is 32.0 Å². The highest BCUT2D eigenvalue weighted by Crippen LogP contribution is 2.42. The van der Waals surface area contributed by atoms with Crippen LogP contribution < -0.4 is 5.32 Å². The molecule has 1 aliphatic rings. The molecule has 1 unspecified atom stereocenters. The van der Waals surface area contributed by atoms with Gasteiger partial charge in [-0.25, -0.2) is 9.98 Å². The fourth-order valence-electron chi connectivity index (χ4n) is 2.53. The van der Waals surface area contributed by atoms with Crippen LogP contribution in [0.3, 0.4) is 0 Å². The van der Waals surface area contributed by atoms with Crippen LogP contribution in [0.4, 0.5) is 5.69 Å². The van der Waals surface area contributed by atoms with E-state index in [1.54, 1.807) is 6.07 Å². The van der Waals surface area contributed by atoms with Gasteiger partial charge in [-0.2, -0.15) is 0 Å². The summed E-state index contributed by atoms with van der Waals surface area (Å²) in [5, 5.41) is 4.14. The molecule has 0 fully saturated rings. The summed E-state index contributed by atoms with van der Waals surface area (Å²) in [6, 6.07) is 11.6. The third kappa shape index (κ3) is 2.53. The maximum Gasteiger partial charge on any atom is 0.290 e. The molecule has 0 spiro atoms. The van der Waals surface area contributed by atoms with Crippen LogP contribution in [0.2, 0.25) is 10.2 Å². The van der Waals surface area contributed by atoms with Crippen LogP contribution in [-0.2, 0) is 10.3 Å². The summed E-state index contributed by atoms with van der Waals surface area (Å²) in [6.07, 6.45) is 0. The molecule has 1 aromatic carbocycles. The molecule has 0 amide bonds. The van der Waals surface area contributed by atoms with E-state index in [0.29, 0.717) is 28.4 Å². The van der Waals surface area contributed by atoms with Gasteiger partial charge in [0, 0.05) is 17.1 Å². The molecular weight excluding hydrogens is 321 g/mol. The lowest BCUT2D eigenvalue weighted by molar-refractivity contribution is 0.107. The quantitative estimate of drug-likeness (QED) is 0.823. The highest BCUT2D eigenvalue weighted by Gasteiger charge is 2.41. The van der Waals surface area contributed by atoms with Crippen molar-refractivity contribution in [3.8, 4) is 0 Å². The second-order valence-electron chi connectivity index (χ2n) is 5.05. The maximum atomic E-state index is 6.38. The first-order valence-corrected chi connectivity index (χ1v) is 7.72. The van der Waals surface area contributed by atoms with Crippen LogP contribution in [0, 0.1) is 0 Å². The van der Waals surface area contributed by atoms with Gasteiger partial charge in [0.05, 0.1) is 5.69 Å². The molecule has 0 saturated carbocycles. The first kappa shape index (κ1) is 15.1. The third-order valence-corrected chi connectivity index (χ3v) is 4.09. The van der Waals surface area contributed by atoms with E-state index in [9.17, 15) is 0 Å². The summed E-state index contributed by atoms with van der Waals surface area (Å²) in [5.41, 5.74) is 1.45. The average Bonchev–Trinajstić information content (AvgIpc) is 2.49. The molecular formula is C16H15Cl2N3O. The zero-order chi connectivity index (χ0) is 15.7. The van der Waals surface area contributed by atoms with Crippen molar-refractivity contribution < 1.29 is 4.74 Å². The number of benzene rings is 1. The monoisotopic (exact) mass is 335 g/mol. The van der Waals surface area contributed by atoms with Crippen LogP contribution in [0.25, 0.3) is 0 Å². The number of fused-ring (bicyclic) bond motifs is 1. The highest BCUT2D eigenvalue weighted by molar-refractivity contribution is 6.31. The first-order chi connectivity index (χ1) is 10.5. The van der Waals surface area contributed by atoms with Gasteiger partial charge in [-0.1, -0.05) is 41.4 Å². The van der Waals surface area contributed by atoms with E-state index in [1.807, 2.05) is 44.2 Å². The van der Waals surface area contributed by atoms with Crippen molar-refractivity contribution in [2.24, 2.45) is 4.99 Å². The summed E-state index contributed by atoms with van der Waals surface area (Å²) >= 11 is 12.4. The number of aromatic nitrogens is 1. The van der Waals surface area contributed by atoms with Crippen molar-refractivity contribution in [1.29, 1.82) is 0 Å². The topological polar surface area (TPSA) is 46.5 Å². The van der Waals surface area contributed by atoms with Crippen molar-refractivity contribution in [3.05, 3.63) is 57.8 Å². The molecule has 1 aromatic heterocycles. The zero-order valence-electron chi connectivity index (χ0n) is 12.2. The number of amidine groups is 1. The number of pyridine rings is 1. The molecule has 0 bridgehead atoms. The lowest BCUT2D eigenvalue weighted by Crippen LogP contribution is -2.40. The van der Waals surface area contributed by atoms with Crippen molar-refractivity contribution in [2.45, 2.75) is 19.4 Å². The lowest BCUT2D eigenvalue weighted by atomic mass is 9.89. The van der Waals surface area contributed by atoms with E-state index in [-0.39, 0.29) is 0 Å². The number of rotatable bonds is 2. The molecule has 3 rings (SSSR count). The fourth-order valence-corrected chi connectivity index (χ4v) is 2.99. The number of halogens is 2. The summed E-state index contributed by atoms with van der Waals surface area (Å²) in [4.78, 5) is 8.78. The first-order valence-electron chi connectivity index (χ1n) is 6.97.